The van der Waals surface area contributed by atoms with Crippen LogP contribution in [0, 0.1) is 0 Å². The Bertz CT molecular complexity index is 362. The first-order chi connectivity index (χ1) is 8.79. The van der Waals surface area contributed by atoms with E-state index >= 15 is 0 Å². The van der Waals surface area contributed by atoms with E-state index in [0.717, 1.165) is 19.5 Å². The molecule has 1 aromatic heterocycles. The summed E-state index contributed by atoms with van der Waals surface area (Å²) in [6.45, 7) is 5.19. The second-order valence-electron chi connectivity index (χ2n) is 4.48. The van der Waals surface area contributed by atoms with Gasteiger partial charge in [0.1, 0.15) is 0 Å². The highest BCUT2D eigenvalue weighted by Gasteiger charge is 2.20. The highest BCUT2D eigenvalue weighted by Crippen LogP contribution is 2.13. The molecule has 2 N–H and O–H groups in total. The van der Waals surface area contributed by atoms with Crippen LogP contribution in [-0.4, -0.2) is 41.6 Å². The molecule has 1 aliphatic heterocycles. The topological polar surface area (TPSA) is 57.3 Å². The van der Waals surface area contributed by atoms with Crippen LogP contribution >= 0.6 is 11.3 Å². The molecule has 0 saturated carbocycles. The van der Waals surface area contributed by atoms with Gasteiger partial charge in [-0.05, 0) is 32.4 Å². The molecule has 0 aliphatic carbocycles. The van der Waals surface area contributed by atoms with Crippen LogP contribution < -0.4 is 10.6 Å². The molecule has 2 rings (SSSR count). The van der Waals surface area contributed by atoms with E-state index in [-0.39, 0.29) is 6.03 Å². The average molecular weight is 268 g/mol. The molecule has 0 bridgehead atoms. The van der Waals surface area contributed by atoms with Crippen molar-refractivity contribution in [2.24, 2.45) is 0 Å². The number of nitrogens with zero attached hydrogens (tertiary/aromatic N) is 2. The SMILES string of the molecule is CC[C@@H](CNC(=O)Nc1nccs1)N1CCCC1. The van der Waals surface area contributed by atoms with Crippen LogP contribution in [0.4, 0.5) is 9.93 Å². The molecule has 5 nitrogen and oxygen atoms in total. The second-order valence-corrected chi connectivity index (χ2v) is 5.37. The minimum Gasteiger partial charge on any atom is -0.336 e. The molecular weight excluding hydrogens is 248 g/mol. The van der Waals surface area contributed by atoms with Gasteiger partial charge < -0.3 is 5.32 Å². The number of anilines is 1. The molecule has 2 amide bonds. The van der Waals surface area contributed by atoms with E-state index in [2.05, 4.69) is 27.4 Å². The summed E-state index contributed by atoms with van der Waals surface area (Å²) < 4.78 is 0. The highest BCUT2D eigenvalue weighted by molar-refractivity contribution is 7.13. The van der Waals surface area contributed by atoms with Gasteiger partial charge in [-0.25, -0.2) is 9.78 Å². The first-order valence-corrected chi connectivity index (χ1v) is 7.36. The summed E-state index contributed by atoms with van der Waals surface area (Å²) in [5.74, 6) is 0. The van der Waals surface area contributed by atoms with Crippen molar-refractivity contribution in [2.75, 3.05) is 25.0 Å². The molecule has 0 spiro atoms. The number of urea groups is 1. The van der Waals surface area contributed by atoms with Crippen molar-refractivity contribution in [1.82, 2.24) is 15.2 Å². The van der Waals surface area contributed by atoms with Crippen molar-refractivity contribution in [3.05, 3.63) is 11.6 Å². The van der Waals surface area contributed by atoms with Gasteiger partial charge in [0.2, 0.25) is 0 Å². The van der Waals surface area contributed by atoms with Gasteiger partial charge in [-0.1, -0.05) is 6.92 Å². The fraction of sp³-hybridized carbons (Fsp3) is 0.667. The maximum Gasteiger partial charge on any atom is 0.321 e. The van der Waals surface area contributed by atoms with Gasteiger partial charge >= 0.3 is 6.03 Å². The lowest BCUT2D eigenvalue weighted by Crippen LogP contribution is -2.43. The number of hydrogen-bond donors (Lipinski definition) is 2. The Morgan fingerprint density at radius 3 is 2.94 bits per heavy atom. The summed E-state index contributed by atoms with van der Waals surface area (Å²) in [7, 11) is 0. The number of rotatable bonds is 5. The molecule has 1 aliphatic rings. The lowest BCUT2D eigenvalue weighted by Gasteiger charge is -2.26. The summed E-state index contributed by atoms with van der Waals surface area (Å²) in [6, 6.07) is 0.289. The molecule has 1 aromatic rings. The first kappa shape index (κ1) is 13.3. The third-order valence-corrected chi connectivity index (χ3v) is 3.97. The van der Waals surface area contributed by atoms with E-state index in [9.17, 15) is 4.79 Å². The Morgan fingerprint density at radius 1 is 1.56 bits per heavy atom. The zero-order valence-corrected chi connectivity index (χ0v) is 11.5. The molecule has 0 aromatic carbocycles. The van der Waals surface area contributed by atoms with Crippen molar-refractivity contribution in [3.63, 3.8) is 0 Å². The second kappa shape index (κ2) is 6.70. The molecule has 2 heterocycles. The predicted molar refractivity (Wildman–Crippen MR) is 74.0 cm³/mol. The maximum atomic E-state index is 11.7. The smallest absolute Gasteiger partial charge is 0.321 e. The number of hydrogen-bond acceptors (Lipinski definition) is 4. The van der Waals surface area contributed by atoms with Gasteiger partial charge in [0.05, 0.1) is 0 Å². The van der Waals surface area contributed by atoms with Gasteiger partial charge in [-0.15, -0.1) is 11.3 Å². The van der Waals surface area contributed by atoms with Gasteiger partial charge in [-0.2, -0.15) is 0 Å². The van der Waals surface area contributed by atoms with Gasteiger partial charge in [0, 0.05) is 24.2 Å². The molecule has 100 valence electrons. The first-order valence-electron chi connectivity index (χ1n) is 6.48. The van der Waals surface area contributed by atoms with Gasteiger partial charge in [0.25, 0.3) is 0 Å². The fourth-order valence-electron chi connectivity index (χ4n) is 2.28. The van der Waals surface area contributed by atoms with Gasteiger partial charge in [-0.3, -0.25) is 10.2 Å². The number of aromatic nitrogens is 1. The van der Waals surface area contributed by atoms with Crippen LogP contribution in [0.3, 0.4) is 0 Å². The normalized spacial score (nSPS) is 17.6. The van der Waals surface area contributed by atoms with Crippen LogP contribution in [0.5, 0.6) is 0 Å². The Balaban J connectivity index is 1.73. The molecule has 1 saturated heterocycles. The largest absolute Gasteiger partial charge is 0.336 e. The van der Waals surface area contributed by atoms with Crippen molar-refractivity contribution < 1.29 is 4.79 Å². The third kappa shape index (κ3) is 3.68. The standard InChI is InChI=1S/C12H20N4OS/c1-2-10(16-6-3-4-7-16)9-14-11(17)15-12-13-5-8-18-12/h5,8,10H,2-4,6-7,9H2,1H3,(H2,13,14,15,17)/t10-/m0/s1. The van der Waals surface area contributed by atoms with Crippen LogP contribution in [0.2, 0.25) is 0 Å². The summed E-state index contributed by atoms with van der Waals surface area (Å²) >= 11 is 1.42. The number of thiazole rings is 1. The predicted octanol–water partition coefficient (Wildman–Crippen LogP) is 2.14. The van der Waals surface area contributed by atoms with Gasteiger partial charge in [0.15, 0.2) is 5.13 Å². The van der Waals surface area contributed by atoms with E-state index in [4.69, 9.17) is 0 Å². The maximum absolute atomic E-state index is 11.7. The Hall–Kier alpha value is -1.14. The van der Waals surface area contributed by atoms with Crippen LogP contribution in [0.25, 0.3) is 0 Å². The molecule has 6 heteroatoms. The third-order valence-electron chi connectivity index (χ3n) is 3.28. The number of amides is 2. The van der Waals surface area contributed by atoms with Crippen molar-refractivity contribution in [3.8, 4) is 0 Å². The Kier molecular flexibility index (Phi) is 4.95. The lowest BCUT2D eigenvalue weighted by molar-refractivity contribution is 0.222. The van der Waals surface area contributed by atoms with Crippen molar-refractivity contribution in [2.45, 2.75) is 32.2 Å². The Labute approximate surface area is 112 Å². The summed E-state index contributed by atoms with van der Waals surface area (Å²) in [5.41, 5.74) is 0. The highest BCUT2D eigenvalue weighted by atomic mass is 32.1. The summed E-state index contributed by atoms with van der Waals surface area (Å²) in [4.78, 5) is 18.2. The lowest BCUT2D eigenvalue weighted by atomic mass is 10.2. The molecule has 18 heavy (non-hydrogen) atoms. The molecular formula is C12H20N4OS. The zero-order valence-electron chi connectivity index (χ0n) is 10.7. The quantitative estimate of drug-likeness (QED) is 0.860. The monoisotopic (exact) mass is 268 g/mol. The molecule has 0 unspecified atom stereocenters. The summed E-state index contributed by atoms with van der Waals surface area (Å²) in [5, 5.41) is 8.14. The van der Waals surface area contributed by atoms with E-state index in [0.29, 0.717) is 17.7 Å². The number of nitrogens with one attached hydrogen (secondary N) is 2. The van der Waals surface area contributed by atoms with E-state index in [1.54, 1.807) is 6.20 Å². The average Bonchev–Trinajstić information content (AvgIpc) is 3.02. The molecule has 1 atom stereocenters. The number of carbonyl (C=O) groups excluding carboxylic acids is 1. The zero-order chi connectivity index (χ0) is 12.8. The van der Waals surface area contributed by atoms with Crippen LogP contribution in [0.1, 0.15) is 26.2 Å². The van der Waals surface area contributed by atoms with E-state index in [1.807, 2.05) is 5.38 Å². The van der Waals surface area contributed by atoms with Crippen molar-refractivity contribution in [1.29, 1.82) is 0 Å². The van der Waals surface area contributed by atoms with E-state index < -0.39 is 0 Å². The minimum atomic E-state index is -0.164. The molecule has 0 radical (unpaired) electrons. The number of likely N-dealkylation sites (tertiary alicyclic amines) is 1. The van der Waals surface area contributed by atoms with E-state index in [1.165, 1.54) is 24.2 Å². The summed E-state index contributed by atoms with van der Waals surface area (Å²) in [6.07, 6.45) is 5.31. The van der Waals surface area contributed by atoms with Crippen LogP contribution in [-0.2, 0) is 0 Å². The number of carbonyl (C=O) groups is 1. The van der Waals surface area contributed by atoms with Crippen molar-refractivity contribution >= 4 is 22.5 Å². The molecule has 1 fully saturated rings. The fourth-order valence-corrected chi connectivity index (χ4v) is 2.80. The minimum absolute atomic E-state index is 0.164. The Morgan fingerprint density at radius 2 is 2.33 bits per heavy atom. The van der Waals surface area contributed by atoms with Crippen LogP contribution in [0.15, 0.2) is 11.6 Å².